The smallest absolute Gasteiger partial charge is 0.184 e. The van der Waals surface area contributed by atoms with Gasteiger partial charge in [0.1, 0.15) is 0 Å². The lowest BCUT2D eigenvalue weighted by molar-refractivity contribution is 0.282. The quantitative estimate of drug-likeness (QED) is 0.802. The predicted octanol–water partition coefficient (Wildman–Crippen LogP) is 0.995. The van der Waals surface area contributed by atoms with Gasteiger partial charge in [0.25, 0.3) is 0 Å². The Morgan fingerprint density at radius 2 is 2.06 bits per heavy atom. The first-order valence-electron chi connectivity index (χ1n) is 4.83. The second kappa shape index (κ2) is 5.09. The van der Waals surface area contributed by atoms with Crippen LogP contribution in [0.25, 0.3) is 0 Å². The van der Waals surface area contributed by atoms with Crippen molar-refractivity contribution in [2.75, 3.05) is 0 Å². The van der Waals surface area contributed by atoms with Gasteiger partial charge in [0.05, 0.1) is 19.4 Å². The van der Waals surface area contributed by atoms with Crippen LogP contribution < -0.4 is 0 Å². The fourth-order valence-electron chi connectivity index (χ4n) is 1.22. The molecule has 84 valence electrons. The summed E-state index contributed by atoms with van der Waals surface area (Å²) in [5, 5.41) is 20.7. The number of aryl methyl sites for hydroxylation is 1. The number of thioether (sulfide) groups is 1. The SMILES string of the molecule is Cn1nnc(CSc2ccc(CO)cc2)n1. The highest BCUT2D eigenvalue weighted by atomic mass is 32.2. The number of aliphatic hydroxyl groups is 1. The molecule has 1 aromatic carbocycles. The van der Waals surface area contributed by atoms with Crippen LogP contribution in [0.2, 0.25) is 0 Å². The van der Waals surface area contributed by atoms with Crippen molar-refractivity contribution in [1.82, 2.24) is 20.2 Å². The van der Waals surface area contributed by atoms with Gasteiger partial charge < -0.3 is 5.11 Å². The van der Waals surface area contributed by atoms with Crippen molar-refractivity contribution >= 4 is 11.8 Å². The van der Waals surface area contributed by atoms with Gasteiger partial charge in [0.2, 0.25) is 0 Å². The average Bonchev–Trinajstić information content (AvgIpc) is 2.73. The molecule has 0 saturated heterocycles. The Morgan fingerprint density at radius 1 is 1.31 bits per heavy atom. The van der Waals surface area contributed by atoms with Gasteiger partial charge in [-0.25, -0.2) is 0 Å². The topological polar surface area (TPSA) is 63.8 Å². The van der Waals surface area contributed by atoms with Crippen LogP contribution in [0.5, 0.6) is 0 Å². The molecule has 0 aliphatic heterocycles. The number of tetrazole rings is 1. The zero-order chi connectivity index (χ0) is 11.4. The van der Waals surface area contributed by atoms with Crippen LogP contribution in [0.1, 0.15) is 11.4 Å². The van der Waals surface area contributed by atoms with Crippen molar-refractivity contribution in [3.05, 3.63) is 35.7 Å². The Hall–Kier alpha value is -1.40. The molecule has 0 aliphatic carbocycles. The number of nitrogens with zero attached hydrogens (tertiary/aromatic N) is 4. The van der Waals surface area contributed by atoms with Crippen LogP contribution in [0.3, 0.4) is 0 Å². The summed E-state index contributed by atoms with van der Waals surface area (Å²) < 4.78 is 0. The van der Waals surface area contributed by atoms with E-state index < -0.39 is 0 Å². The van der Waals surface area contributed by atoms with Crippen molar-refractivity contribution in [2.24, 2.45) is 7.05 Å². The van der Waals surface area contributed by atoms with Gasteiger partial charge in [0, 0.05) is 4.90 Å². The van der Waals surface area contributed by atoms with Crippen molar-refractivity contribution in [3.8, 4) is 0 Å². The summed E-state index contributed by atoms with van der Waals surface area (Å²) in [7, 11) is 1.75. The molecule has 1 N–H and O–H groups in total. The van der Waals surface area contributed by atoms with E-state index in [2.05, 4.69) is 15.4 Å². The lowest BCUT2D eigenvalue weighted by Gasteiger charge is -1.99. The molecular weight excluding hydrogens is 224 g/mol. The van der Waals surface area contributed by atoms with E-state index in [9.17, 15) is 0 Å². The Balaban J connectivity index is 1.94. The van der Waals surface area contributed by atoms with Gasteiger partial charge >= 0.3 is 0 Å². The highest BCUT2D eigenvalue weighted by Gasteiger charge is 2.01. The number of rotatable bonds is 4. The van der Waals surface area contributed by atoms with E-state index in [1.54, 1.807) is 18.8 Å². The van der Waals surface area contributed by atoms with E-state index in [4.69, 9.17) is 5.11 Å². The van der Waals surface area contributed by atoms with E-state index >= 15 is 0 Å². The molecular formula is C10H12N4OS. The third kappa shape index (κ3) is 2.80. The molecule has 0 atom stereocenters. The van der Waals surface area contributed by atoms with Gasteiger partial charge in [0.15, 0.2) is 5.82 Å². The van der Waals surface area contributed by atoms with E-state index in [0.717, 1.165) is 16.3 Å². The first-order chi connectivity index (χ1) is 7.78. The molecule has 0 unspecified atom stereocenters. The molecule has 1 aromatic heterocycles. The molecule has 0 spiro atoms. The van der Waals surface area contributed by atoms with E-state index in [-0.39, 0.29) is 6.61 Å². The summed E-state index contributed by atoms with van der Waals surface area (Å²) in [6.07, 6.45) is 0. The Morgan fingerprint density at radius 3 is 2.62 bits per heavy atom. The molecule has 0 radical (unpaired) electrons. The predicted molar refractivity (Wildman–Crippen MR) is 60.7 cm³/mol. The maximum atomic E-state index is 8.90. The number of hydrogen-bond donors (Lipinski definition) is 1. The Bertz CT molecular complexity index is 454. The lowest BCUT2D eigenvalue weighted by atomic mass is 10.2. The van der Waals surface area contributed by atoms with Crippen molar-refractivity contribution in [2.45, 2.75) is 17.3 Å². The lowest BCUT2D eigenvalue weighted by Crippen LogP contribution is -1.92. The maximum absolute atomic E-state index is 8.90. The normalized spacial score (nSPS) is 10.6. The van der Waals surface area contributed by atoms with Crippen LogP contribution in [0, 0.1) is 0 Å². The Labute approximate surface area is 97.5 Å². The van der Waals surface area contributed by atoms with Gasteiger partial charge in [-0.1, -0.05) is 12.1 Å². The molecule has 0 bridgehead atoms. The minimum absolute atomic E-state index is 0.0800. The van der Waals surface area contributed by atoms with Gasteiger partial charge in [-0.2, -0.15) is 4.80 Å². The number of aliphatic hydroxyl groups excluding tert-OH is 1. The minimum atomic E-state index is 0.0800. The third-order valence-electron chi connectivity index (χ3n) is 2.02. The molecule has 0 aliphatic rings. The molecule has 16 heavy (non-hydrogen) atoms. The standard InChI is InChI=1S/C10H12N4OS/c1-14-12-10(11-13-14)7-16-9-4-2-8(6-15)3-5-9/h2-5,15H,6-7H2,1H3. The first kappa shape index (κ1) is 11.1. The highest BCUT2D eigenvalue weighted by molar-refractivity contribution is 7.98. The van der Waals surface area contributed by atoms with Crippen molar-refractivity contribution in [1.29, 1.82) is 0 Å². The van der Waals surface area contributed by atoms with Crippen molar-refractivity contribution < 1.29 is 5.11 Å². The maximum Gasteiger partial charge on any atom is 0.184 e. The van der Waals surface area contributed by atoms with Crippen LogP contribution >= 0.6 is 11.8 Å². The second-order valence-electron chi connectivity index (χ2n) is 3.29. The van der Waals surface area contributed by atoms with Gasteiger partial charge in [-0.05, 0) is 22.9 Å². The molecule has 1 heterocycles. The number of hydrogen-bond acceptors (Lipinski definition) is 5. The highest BCUT2D eigenvalue weighted by Crippen LogP contribution is 2.21. The molecule has 2 rings (SSSR count). The zero-order valence-electron chi connectivity index (χ0n) is 8.87. The fourth-order valence-corrected chi connectivity index (χ4v) is 1.96. The fraction of sp³-hybridized carbons (Fsp3) is 0.300. The van der Waals surface area contributed by atoms with E-state index in [1.807, 2.05) is 24.3 Å². The first-order valence-corrected chi connectivity index (χ1v) is 5.82. The largest absolute Gasteiger partial charge is 0.392 e. The van der Waals surface area contributed by atoms with Crippen LogP contribution in [-0.4, -0.2) is 25.3 Å². The summed E-state index contributed by atoms with van der Waals surface area (Å²) in [5.74, 6) is 1.42. The second-order valence-corrected chi connectivity index (χ2v) is 4.33. The van der Waals surface area contributed by atoms with Crippen LogP contribution in [0.15, 0.2) is 29.2 Å². The minimum Gasteiger partial charge on any atom is -0.392 e. The number of aromatic nitrogens is 4. The average molecular weight is 236 g/mol. The summed E-state index contributed by atoms with van der Waals surface area (Å²) >= 11 is 1.65. The molecule has 5 nitrogen and oxygen atoms in total. The molecule has 0 amide bonds. The molecule has 0 saturated carbocycles. The summed E-state index contributed by atoms with van der Waals surface area (Å²) in [4.78, 5) is 2.58. The Kier molecular flexibility index (Phi) is 3.53. The van der Waals surface area contributed by atoms with Gasteiger partial charge in [-0.3, -0.25) is 0 Å². The molecule has 6 heteroatoms. The van der Waals surface area contributed by atoms with E-state index in [1.165, 1.54) is 4.80 Å². The molecule has 0 fully saturated rings. The zero-order valence-corrected chi connectivity index (χ0v) is 9.68. The third-order valence-corrected chi connectivity index (χ3v) is 3.03. The number of benzene rings is 1. The van der Waals surface area contributed by atoms with E-state index in [0.29, 0.717) is 5.75 Å². The van der Waals surface area contributed by atoms with Crippen LogP contribution in [0.4, 0.5) is 0 Å². The summed E-state index contributed by atoms with van der Waals surface area (Å²) in [5.41, 5.74) is 0.918. The monoisotopic (exact) mass is 236 g/mol. The van der Waals surface area contributed by atoms with Crippen LogP contribution in [-0.2, 0) is 19.4 Å². The van der Waals surface area contributed by atoms with Gasteiger partial charge in [-0.15, -0.1) is 22.0 Å². The summed E-state index contributed by atoms with van der Waals surface area (Å²) in [6, 6.07) is 7.78. The summed E-state index contributed by atoms with van der Waals surface area (Å²) in [6.45, 7) is 0.0800. The van der Waals surface area contributed by atoms with Crippen molar-refractivity contribution in [3.63, 3.8) is 0 Å². The molecule has 2 aromatic rings.